The van der Waals surface area contributed by atoms with Gasteiger partial charge in [0, 0.05) is 39.0 Å². The first kappa shape index (κ1) is 20.5. The smallest absolute Gasteiger partial charge is 0.277 e. The minimum absolute atomic E-state index is 0.157. The summed E-state index contributed by atoms with van der Waals surface area (Å²) in [7, 11) is -1.23. The molecule has 3 rings (SSSR count). The zero-order valence-corrected chi connectivity index (χ0v) is 18.4. The van der Waals surface area contributed by atoms with Crippen molar-refractivity contribution in [3.05, 3.63) is 64.8 Å². The van der Waals surface area contributed by atoms with Crippen molar-refractivity contribution in [1.29, 1.82) is 0 Å². The Kier molecular flexibility index (Phi) is 5.57. The van der Waals surface area contributed by atoms with Crippen LogP contribution in [0.5, 0.6) is 0 Å². The average molecular weight is 399 g/mol. The first-order valence-corrected chi connectivity index (χ1v) is 11.6. The third kappa shape index (κ3) is 3.02. The zero-order chi connectivity index (χ0) is 20.6. The van der Waals surface area contributed by atoms with Crippen molar-refractivity contribution in [2.24, 2.45) is 0 Å². The Bertz CT molecular complexity index is 983. The normalized spacial score (nSPS) is 13.0. The van der Waals surface area contributed by atoms with Gasteiger partial charge >= 0.3 is 0 Å². The summed E-state index contributed by atoms with van der Waals surface area (Å²) in [6, 6.07) is 15.4. The summed E-state index contributed by atoms with van der Waals surface area (Å²) < 4.78 is 2.48. The molecular weight excluding hydrogens is 368 g/mol. The van der Waals surface area contributed by atoms with Crippen LogP contribution in [0.25, 0.3) is 22.0 Å². The van der Waals surface area contributed by atoms with Gasteiger partial charge in [-0.2, -0.15) is 10.2 Å². The van der Waals surface area contributed by atoms with E-state index >= 15 is 0 Å². The van der Waals surface area contributed by atoms with E-state index < -0.39 is 10.2 Å². The zero-order valence-electron chi connectivity index (χ0n) is 17.5. The first-order valence-electron chi connectivity index (χ1n) is 9.87. The topological polar surface area (TPSA) is 48.1 Å². The van der Waals surface area contributed by atoms with Gasteiger partial charge in [0.1, 0.15) is 0 Å². The van der Waals surface area contributed by atoms with Crippen LogP contribution in [0, 0.1) is 10.1 Å². The molecule has 0 aliphatic carbocycles. The summed E-state index contributed by atoms with van der Waals surface area (Å²) in [6.07, 6.45) is 2.18. The molecule has 0 atom stereocenters. The average Bonchev–Trinajstić information content (AvgIpc) is 3.01. The number of nitro benzene ring substituents is 1. The van der Waals surface area contributed by atoms with Crippen molar-refractivity contribution >= 4 is 26.8 Å². The Morgan fingerprint density at radius 1 is 0.821 bits per heavy atom. The van der Waals surface area contributed by atoms with E-state index in [0.717, 1.165) is 10.9 Å². The molecule has 150 valence electrons. The number of aromatic nitrogens is 1. The molecule has 3 aromatic rings. The fourth-order valence-corrected chi connectivity index (χ4v) is 10.2. The second-order valence-corrected chi connectivity index (χ2v) is 12.7. The molecule has 1 aromatic heterocycles. The van der Waals surface area contributed by atoms with Crippen LogP contribution in [-0.2, 0) is 0 Å². The van der Waals surface area contributed by atoms with Gasteiger partial charge in [-0.25, -0.2) is 0 Å². The van der Waals surface area contributed by atoms with E-state index in [1.165, 1.54) is 5.52 Å². The number of hydrogen-bond acceptors (Lipinski definition) is 2. The van der Waals surface area contributed by atoms with Crippen LogP contribution in [0.2, 0.25) is 0 Å². The van der Waals surface area contributed by atoms with Crippen LogP contribution in [-0.4, -0.2) is 24.6 Å². The van der Waals surface area contributed by atoms with E-state index in [9.17, 15) is 10.1 Å². The van der Waals surface area contributed by atoms with Gasteiger partial charge in [-0.1, -0.05) is 71.9 Å². The molecule has 4 nitrogen and oxygen atoms in total. The summed E-state index contributed by atoms with van der Waals surface area (Å²) in [5.74, 6) is 0. The van der Waals surface area contributed by atoms with E-state index in [1.807, 2.05) is 18.2 Å². The first-order chi connectivity index (χ1) is 13.2. The van der Waals surface area contributed by atoms with Gasteiger partial charge in [-0.05, 0) is 12.1 Å². The molecule has 0 aliphatic heterocycles. The van der Waals surface area contributed by atoms with E-state index in [2.05, 4.69) is 69.9 Å². The number of fused-ring (bicyclic) bond motifs is 1. The van der Waals surface area contributed by atoms with Crippen molar-refractivity contribution in [3.8, 4) is 11.1 Å². The van der Waals surface area contributed by atoms with Gasteiger partial charge in [0.2, 0.25) is 0 Å². The maximum atomic E-state index is 11.7. The van der Waals surface area contributed by atoms with Crippen molar-refractivity contribution in [2.45, 2.75) is 57.3 Å². The lowest BCUT2D eigenvalue weighted by molar-refractivity contribution is -0.384. The Morgan fingerprint density at radius 2 is 1.36 bits per heavy atom. The number of nitro groups is 1. The summed E-state index contributed by atoms with van der Waals surface area (Å²) in [5.41, 5.74) is 2.96. The predicted octanol–water partition coefficient (Wildman–Crippen LogP) is 7.01. The van der Waals surface area contributed by atoms with Crippen molar-refractivity contribution < 1.29 is 4.92 Å². The molecule has 0 amide bonds. The third-order valence-electron chi connectivity index (χ3n) is 5.68. The van der Waals surface area contributed by atoms with Gasteiger partial charge in [0.25, 0.3) is 5.69 Å². The lowest BCUT2D eigenvalue weighted by atomic mass is 10.0. The minimum Gasteiger partial charge on any atom is -0.308 e. The van der Waals surface area contributed by atoms with E-state index in [-0.39, 0.29) is 10.6 Å². The summed E-state index contributed by atoms with van der Waals surface area (Å²) >= 11 is 0. The monoisotopic (exact) mass is 398 g/mol. The fraction of sp³-hybridized carbons (Fsp3) is 0.391. The quantitative estimate of drug-likeness (QED) is 0.331. The number of benzene rings is 2. The highest BCUT2D eigenvalue weighted by Gasteiger charge is 2.38. The molecule has 0 unspecified atom stereocenters. The SMILES string of the molecule is CC(C)S(C(C)C)(C(C)C)n1cc(-c2ccccc2[N+](=O)[O-])c2ccccc21. The molecule has 0 aliphatic rings. The molecule has 0 spiro atoms. The Morgan fingerprint density at radius 3 is 1.93 bits per heavy atom. The van der Waals surface area contributed by atoms with E-state index in [0.29, 0.717) is 21.3 Å². The molecule has 0 saturated heterocycles. The molecule has 0 fully saturated rings. The van der Waals surface area contributed by atoms with Crippen LogP contribution in [0.4, 0.5) is 5.69 Å². The van der Waals surface area contributed by atoms with Gasteiger partial charge < -0.3 is 3.97 Å². The number of rotatable bonds is 6. The van der Waals surface area contributed by atoms with Crippen LogP contribution < -0.4 is 0 Å². The summed E-state index contributed by atoms with van der Waals surface area (Å²) in [5, 5.41) is 14.2. The highest BCUT2D eigenvalue weighted by molar-refractivity contribution is 8.33. The van der Waals surface area contributed by atoms with Gasteiger partial charge in [-0.3, -0.25) is 10.1 Å². The molecule has 5 heteroatoms. The Labute approximate surface area is 169 Å². The molecular formula is C23H30N2O2S. The standard InChI is InChI=1S/C23H30N2O2S/c1-16(2)28(17(3)4,18(5)6)24-15-21(19-11-7-9-13-22(19)24)20-12-8-10-14-23(20)25(26)27/h7-18H,1-6H3. The minimum atomic E-state index is -1.23. The van der Waals surface area contributed by atoms with Crippen LogP contribution >= 0.6 is 10.2 Å². The highest BCUT2D eigenvalue weighted by Crippen LogP contribution is 2.63. The third-order valence-corrected chi connectivity index (χ3v) is 11.2. The largest absolute Gasteiger partial charge is 0.308 e. The molecule has 2 aromatic carbocycles. The van der Waals surface area contributed by atoms with E-state index in [1.54, 1.807) is 12.1 Å². The predicted molar refractivity (Wildman–Crippen MR) is 122 cm³/mol. The molecule has 0 saturated carbocycles. The number of nitrogens with zero attached hydrogens (tertiary/aromatic N) is 2. The van der Waals surface area contributed by atoms with Crippen LogP contribution in [0.15, 0.2) is 54.7 Å². The molecule has 28 heavy (non-hydrogen) atoms. The van der Waals surface area contributed by atoms with E-state index in [4.69, 9.17) is 0 Å². The molecule has 0 bridgehead atoms. The lowest BCUT2D eigenvalue weighted by Gasteiger charge is -2.52. The van der Waals surface area contributed by atoms with Gasteiger partial charge in [0.05, 0.1) is 16.0 Å². The molecule has 1 heterocycles. The van der Waals surface area contributed by atoms with Crippen LogP contribution in [0.1, 0.15) is 41.5 Å². The maximum Gasteiger partial charge on any atom is 0.277 e. The fourth-order valence-electron chi connectivity index (χ4n) is 4.80. The maximum absolute atomic E-state index is 11.7. The van der Waals surface area contributed by atoms with Crippen LogP contribution in [0.3, 0.4) is 0 Å². The Hall–Kier alpha value is -2.27. The number of para-hydroxylation sites is 2. The number of hydrogen-bond donors (Lipinski definition) is 0. The van der Waals surface area contributed by atoms with Crippen molar-refractivity contribution in [3.63, 3.8) is 0 Å². The second-order valence-electron chi connectivity index (χ2n) is 8.03. The lowest BCUT2D eigenvalue weighted by Crippen LogP contribution is -2.33. The molecule has 0 N–H and O–H groups in total. The van der Waals surface area contributed by atoms with Crippen molar-refractivity contribution in [2.75, 3.05) is 0 Å². The Balaban J connectivity index is 2.42. The highest BCUT2D eigenvalue weighted by atomic mass is 32.3. The molecule has 0 radical (unpaired) electrons. The van der Waals surface area contributed by atoms with Crippen molar-refractivity contribution in [1.82, 2.24) is 3.97 Å². The van der Waals surface area contributed by atoms with Gasteiger partial charge in [0.15, 0.2) is 0 Å². The van der Waals surface area contributed by atoms with Gasteiger partial charge in [-0.15, -0.1) is 0 Å². The second kappa shape index (κ2) is 7.63. The summed E-state index contributed by atoms with van der Waals surface area (Å²) in [4.78, 5) is 11.4. The summed E-state index contributed by atoms with van der Waals surface area (Å²) in [6.45, 7) is 13.9.